The van der Waals surface area contributed by atoms with E-state index in [4.69, 9.17) is 4.74 Å². The van der Waals surface area contributed by atoms with Gasteiger partial charge in [0.1, 0.15) is 11.8 Å². The first-order chi connectivity index (χ1) is 19.0. The van der Waals surface area contributed by atoms with Crippen LogP contribution in [-0.4, -0.2) is 63.4 Å². The van der Waals surface area contributed by atoms with Crippen LogP contribution in [0.25, 0.3) is 10.9 Å². The van der Waals surface area contributed by atoms with Crippen molar-refractivity contribution in [1.29, 1.82) is 0 Å². The van der Waals surface area contributed by atoms with Crippen LogP contribution in [-0.2, 0) is 0 Å². The molecule has 1 saturated carbocycles. The molecule has 1 atom stereocenters. The number of pyridine rings is 1. The number of ether oxygens (including phenoxy) is 1. The molecule has 1 aliphatic heterocycles. The molecule has 6 rings (SSSR count). The summed E-state index contributed by atoms with van der Waals surface area (Å²) in [6, 6.07) is 14.3. The lowest BCUT2D eigenvalue weighted by atomic mass is 9.95. The number of aryl methyl sites for hydroxylation is 2. The number of fused-ring (bicyclic) bond motifs is 1. The topological polar surface area (TPSA) is 92.2 Å². The van der Waals surface area contributed by atoms with E-state index in [1.54, 1.807) is 7.11 Å². The minimum atomic E-state index is -0.345. The molecule has 0 bridgehead atoms. The molecule has 2 aromatic heterocycles. The maximum absolute atomic E-state index is 13.6. The van der Waals surface area contributed by atoms with Crippen molar-refractivity contribution in [2.24, 2.45) is 0 Å². The largest absolute Gasteiger partial charge is 0.497 e. The van der Waals surface area contributed by atoms with Crippen LogP contribution in [0.1, 0.15) is 66.7 Å². The second-order valence-corrected chi connectivity index (χ2v) is 11.0. The Bertz CT molecular complexity index is 1510. The third-order valence-corrected chi connectivity index (χ3v) is 8.44. The van der Waals surface area contributed by atoms with Crippen LogP contribution in [0.3, 0.4) is 0 Å². The number of methoxy groups -OCH3 is 1. The fraction of sp³-hybridized carbons (Fsp3) is 0.467. The van der Waals surface area contributed by atoms with Gasteiger partial charge in [-0.2, -0.15) is 0 Å². The molecule has 1 aliphatic carbocycles. The van der Waals surface area contributed by atoms with E-state index in [0.29, 0.717) is 5.56 Å². The van der Waals surface area contributed by atoms with Crippen molar-refractivity contribution in [3.8, 4) is 5.75 Å². The van der Waals surface area contributed by atoms with Crippen molar-refractivity contribution >= 4 is 16.6 Å². The summed E-state index contributed by atoms with van der Waals surface area (Å²) in [6.45, 7) is 7.64. The maximum atomic E-state index is 13.6. The highest BCUT2D eigenvalue weighted by Gasteiger charge is 2.34. The Morgan fingerprint density at radius 2 is 1.77 bits per heavy atom. The smallest absolute Gasteiger partial charge is 0.253 e. The number of rotatable bonds is 6. The predicted molar refractivity (Wildman–Crippen MR) is 153 cm³/mol. The SMILES string of the molecule is COc1ccc2[nH]c(=O)c([C@H](c3nnnn3C3CCCCC3)N3CCN(c4cc(C)ccc4C)CC3)cc2c1. The molecule has 4 aromatic rings. The highest BCUT2D eigenvalue weighted by Crippen LogP contribution is 2.34. The van der Waals surface area contributed by atoms with Gasteiger partial charge >= 0.3 is 0 Å². The van der Waals surface area contributed by atoms with Gasteiger partial charge in [0.15, 0.2) is 5.82 Å². The van der Waals surface area contributed by atoms with Gasteiger partial charge in [-0.05, 0) is 78.6 Å². The Balaban J connectivity index is 1.39. The molecule has 2 fully saturated rings. The number of piperazine rings is 1. The predicted octanol–water partition coefficient (Wildman–Crippen LogP) is 4.56. The summed E-state index contributed by atoms with van der Waals surface area (Å²) in [4.78, 5) is 21.6. The van der Waals surface area contributed by atoms with E-state index in [0.717, 1.165) is 61.5 Å². The summed E-state index contributed by atoms with van der Waals surface area (Å²) in [5, 5.41) is 14.1. The lowest BCUT2D eigenvalue weighted by Crippen LogP contribution is -2.49. The summed E-state index contributed by atoms with van der Waals surface area (Å²) < 4.78 is 7.48. The van der Waals surface area contributed by atoms with E-state index in [1.165, 1.54) is 36.1 Å². The van der Waals surface area contributed by atoms with Gasteiger partial charge in [0.05, 0.1) is 13.2 Å². The quantitative estimate of drug-likeness (QED) is 0.393. The Morgan fingerprint density at radius 1 is 0.974 bits per heavy atom. The number of hydrogen-bond donors (Lipinski definition) is 1. The van der Waals surface area contributed by atoms with Gasteiger partial charge in [-0.1, -0.05) is 31.4 Å². The zero-order valence-corrected chi connectivity index (χ0v) is 23.1. The molecule has 204 valence electrons. The fourth-order valence-corrected chi connectivity index (χ4v) is 6.28. The van der Waals surface area contributed by atoms with Gasteiger partial charge < -0.3 is 14.6 Å². The average molecular weight is 528 g/mol. The van der Waals surface area contributed by atoms with Crippen LogP contribution < -0.4 is 15.2 Å². The highest BCUT2D eigenvalue weighted by atomic mass is 16.5. The Kier molecular flexibility index (Phi) is 7.08. The molecular weight excluding hydrogens is 490 g/mol. The molecule has 9 heteroatoms. The number of nitrogens with zero attached hydrogens (tertiary/aromatic N) is 6. The minimum absolute atomic E-state index is 0.104. The summed E-state index contributed by atoms with van der Waals surface area (Å²) in [7, 11) is 1.66. The molecule has 0 radical (unpaired) electrons. The zero-order valence-electron chi connectivity index (χ0n) is 23.1. The molecule has 9 nitrogen and oxygen atoms in total. The van der Waals surface area contributed by atoms with Crippen molar-refractivity contribution in [1.82, 2.24) is 30.1 Å². The molecule has 0 unspecified atom stereocenters. The number of aromatic nitrogens is 5. The number of H-pyrrole nitrogens is 1. The Hall–Kier alpha value is -3.72. The van der Waals surface area contributed by atoms with Gasteiger partial charge in [0.25, 0.3) is 5.56 Å². The Morgan fingerprint density at radius 3 is 2.54 bits per heavy atom. The third kappa shape index (κ3) is 5.03. The molecule has 0 amide bonds. The van der Waals surface area contributed by atoms with Gasteiger partial charge in [-0.25, -0.2) is 4.68 Å². The van der Waals surface area contributed by atoms with Crippen LogP contribution in [0.5, 0.6) is 5.75 Å². The summed E-state index contributed by atoms with van der Waals surface area (Å²) >= 11 is 0. The number of nitrogens with one attached hydrogen (secondary N) is 1. The number of tetrazole rings is 1. The van der Waals surface area contributed by atoms with Gasteiger partial charge in [0, 0.05) is 48.3 Å². The lowest BCUT2D eigenvalue weighted by molar-refractivity contribution is 0.192. The second kappa shape index (κ2) is 10.8. The molecule has 3 heterocycles. The molecule has 0 spiro atoms. The maximum Gasteiger partial charge on any atom is 0.253 e. The normalized spacial score (nSPS) is 18.0. The summed E-state index contributed by atoms with van der Waals surface area (Å²) in [6.07, 6.45) is 5.75. The van der Waals surface area contributed by atoms with Crippen molar-refractivity contribution in [2.45, 2.75) is 58.0 Å². The van der Waals surface area contributed by atoms with E-state index < -0.39 is 0 Å². The monoisotopic (exact) mass is 527 g/mol. The number of anilines is 1. The van der Waals surface area contributed by atoms with E-state index >= 15 is 0 Å². The van der Waals surface area contributed by atoms with E-state index in [-0.39, 0.29) is 17.6 Å². The summed E-state index contributed by atoms with van der Waals surface area (Å²) in [5.41, 5.74) is 5.19. The van der Waals surface area contributed by atoms with Crippen LogP contribution in [0.15, 0.2) is 47.3 Å². The van der Waals surface area contributed by atoms with Crippen LogP contribution in [0, 0.1) is 13.8 Å². The van der Waals surface area contributed by atoms with Crippen LogP contribution >= 0.6 is 0 Å². The van der Waals surface area contributed by atoms with Crippen molar-refractivity contribution in [3.63, 3.8) is 0 Å². The summed E-state index contributed by atoms with van der Waals surface area (Å²) in [5.74, 6) is 1.51. The van der Waals surface area contributed by atoms with Crippen LogP contribution in [0.2, 0.25) is 0 Å². The van der Waals surface area contributed by atoms with Gasteiger partial charge in [0.2, 0.25) is 0 Å². The molecular formula is C30H37N7O2. The van der Waals surface area contributed by atoms with E-state index in [2.05, 4.69) is 62.4 Å². The van der Waals surface area contributed by atoms with Crippen LogP contribution in [0.4, 0.5) is 5.69 Å². The third-order valence-electron chi connectivity index (χ3n) is 8.44. The standard InChI is InChI=1S/C30H37N7O2/c1-20-9-10-21(2)27(17-20)35-13-15-36(16-14-35)28(29-32-33-34-37(29)23-7-5-4-6-8-23)25-19-22-18-24(39-3)11-12-26(22)31-30(25)38/h9-12,17-19,23,28H,4-8,13-16H2,1-3H3,(H,31,38)/t28-/m1/s1. The number of hydrogen-bond acceptors (Lipinski definition) is 7. The number of benzene rings is 2. The highest BCUT2D eigenvalue weighted by molar-refractivity contribution is 5.80. The van der Waals surface area contributed by atoms with Gasteiger partial charge in [-0.3, -0.25) is 9.69 Å². The lowest BCUT2D eigenvalue weighted by Gasteiger charge is -2.40. The minimum Gasteiger partial charge on any atom is -0.497 e. The molecule has 2 aliphatic rings. The molecule has 39 heavy (non-hydrogen) atoms. The number of aromatic amines is 1. The molecule has 1 saturated heterocycles. The fourth-order valence-electron chi connectivity index (χ4n) is 6.28. The first-order valence-corrected chi connectivity index (χ1v) is 14.1. The van der Waals surface area contributed by atoms with Crippen molar-refractivity contribution < 1.29 is 4.74 Å². The van der Waals surface area contributed by atoms with E-state index in [9.17, 15) is 4.79 Å². The second-order valence-electron chi connectivity index (χ2n) is 11.0. The molecule has 2 aromatic carbocycles. The van der Waals surface area contributed by atoms with E-state index in [1.807, 2.05) is 28.9 Å². The van der Waals surface area contributed by atoms with Crippen molar-refractivity contribution in [3.05, 3.63) is 75.3 Å². The van der Waals surface area contributed by atoms with Gasteiger partial charge in [-0.15, -0.1) is 5.10 Å². The first-order valence-electron chi connectivity index (χ1n) is 14.1. The zero-order chi connectivity index (χ0) is 26.9. The average Bonchev–Trinajstić information content (AvgIpc) is 3.45. The first kappa shape index (κ1) is 25.6. The Labute approximate surface area is 228 Å². The molecule has 1 N–H and O–H groups in total. The van der Waals surface area contributed by atoms with Crippen molar-refractivity contribution in [2.75, 3.05) is 38.2 Å².